The first kappa shape index (κ1) is 26.4. The Bertz CT molecular complexity index is 675. The lowest BCUT2D eigenvalue weighted by molar-refractivity contribution is -0.172. The van der Waals surface area contributed by atoms with Crippen LogP contribution in [-0.4, -0.2) is 51.5 Å². The molecule has 0 amide bonds. The maximum Gasteiger partial charge on any atom is 0.336 e. The number of esters is 1. The fraction of sp³-hybridized carbons (Fsp3) is 0.609. The normalized spacial score (nSPS) is 13.7. The number of carboxylic acid groups (broad SMARTS) is 2. The third-order valence-electron chi connectivity index (χ3n) is 4.88. The van der Waals surface area contributed by atoms with Crippen molar-refractivity contribution in [2.45, 2.75) is 82.8 Å². The predicted octanol–water partition coefficient (Wildman–Crippen LogP) is 3.80. The Morgan fingerprint density at radius 2 is 1.55 bits per heavy atom. The number of carboxylic acids is 2. The van der Waals surface area contributed by atoms with Gasteiger partial charge in [-0.05, 0) is 25.0 Å². The zero-order valence-corrected chi connectivity index (χ0v) is 18.1. The van der Waals surface area contributed by atoms with Crippen molar-refractivity contribution in [3.63, 3.8) is 0 Å². The van der Waals surface area contributed by atoms with E-state index >= 15 is 0 Å². The number of aliphatic carboxylic acids is 2. The van der Waals surface area contributed by atoms with Gasteiger partial charge in [0.25, 0.3) is 0 Å². The molecule has 0 bridgehead atoms. The van der Waals surface area contributed by atoms with Crippen LogP contribution < -0.4 is 4.74 Å². The van der Waals surface area contributed by atoms with Gasteiger partial charge < -0.3 is 24.8 Å². The van der Waals surface area contributed by atoms with Gasteiger partial charge in [-0.1, -0.05) is 63.6 Å². The van der Waals surface area contributed by atoms with Crippen molar-refractivity contribution in [3.05, 3.63) is 30.3 Å². The zero-order valence-electron chi connectivity index (χ0n) is 18.1. The van der Waals surface area contributed by atoms with E-state index in [2.05, 4.69) is 6.92 Å². The van der Waals surface area contributed by atoms with Crippen molar-refractivity contribution in [1.29, 1.82) is 0 Å². The van der Waals surface area contributed by atoms with E-state index in [1.54, 1.807) is 12.1 Å². The van der Waals surface area contributed by atoms with E-state index < -0.39 is 42.5 Å². The molecule has 8 nitrogen and oxygen atoms in total. The largest absolute Gasteiger partial charge is 0.487 e. The molecule has 1 aromatic rings. The summed E-state index contributed by atoms with van der Waals surface area (Å²) in [6.45, 7) is 2.05. The number of carbonyl (C=O) groups excluding carboxylic acids is 1. The quantitative estimate of drug-likeness (QED) is 0.247. The molecule has 0 aliphatic carbocycles. The second kappa shape index (κ2) is 14.4. The third-order valence-corrected chi connectivity index (χ3v) is 4.88. The number of benzene rings is 1. The Kier molecular flexibility index (Phi) is 12.3. The molecule has 0 spiro atoms. The van der Waals surface area contributed by atoms with Gasteiger partial charge in [0.1, 0.15) is 18.5 Å². The van der Waals surface area contributed by atoms with Gasteiger partial charge in [-0.15, -0.1) is 0 Å². The van der Waals surface area contributed by atoms with Crippen LogP contribution in [0, 0.1) is 0 Å². The molecule has 0 saturated carbocycles. The summed E-state index contributed by atoms with van der Waals surface area (Å²) in [6.07, 6.45) is 6.05. The summed E-state index contributed by atoms with van der Waals surface area (Å²) in [6, 6.07) is 9.08. The minimum atomic E-state index is -2.71. The average Bonchev–Trinajstić information content (AvgIpc) is 2.71. The van der Waals surface area contributed by atoms with Crippen LogP contribution in [-0.2, 0) is 19.1 Å². The fourth-order valence-electron chi connectivity index (χ4n) is 3.14. The molecule has 0 radical (unpaired) electrons. The molecule has 31 heavy (non-hydrogen) atoms. The molecule has 0 fully saturated rings. The number of hydrogen-bond acceptors (Lipinski definition) is 6. The predicted molar refractivity (Wildman–Crippen MR) is 114 cm³/mol. The molecule has 174 valence electrons. The highest BCUT2D eigenvalue weighted by atomic mass is 16.6. The first-order valence-corrected chi connectivity index (χ1v) is 10.8. The number of ether oxygens (including phenoxy) is 2. The smallest absolute Gasteiger partial charge is 0.336 e. The van der Waals surface area contributed by atoms with Gasteiger partial charge in [-0.3, -0.25) is 9.59 Å². The summed E-state index contributed by atoms with van der Waals surface area (Å²) in [4.78, 5) is 34.1. The lowest BCUT2D eigenvalue weighted by atomic mass is 9.96. The van der Waals surface area contributed by atoms with E-state index in [0.717, 1.165) is 19.3 Å². The summed E-state index contributed by atoms with van der Waals surface area (Å²) < 4.78 is 11.0. The Hall–Kier alpha value is -2.61. The molecule has 2 unspecified atom stereocenters. The standard InChI is InChI=1S/C23H34O8/c1-2-3-4-5-6-7-9-14-19(31-18-12-10-8-11-13-18)17-30-21(26)16-23(29,22(27)28)15-20(24)25/h8,10-13,19,29H,2-7,9,14-17H2,1H3,(H,24,25)(H,27,28). The highest BCUT2D eigenvalue weighted by Gasteiger charge is 2.41. The van der Waals surface area contributed by atoms with Crippen LogP contribution in [0.3, 0.4) is 0 Å². The van der Waals surface area contributed by atoms with E-state index in [-0.39, 0.29) is 6.61 Å². The van der Waals surface area contributed by atoms with Gasteiger partial charge in [0.2, 0.25) is 0 Å². The van der Waals surface area contributed by atoms with E-state index in [0.29, 0.717) is 12.2 Å². The van der Waals surface area contributed by atoms with Crippen LogP contribution >= 0.6 is 0 Å². The lowest BCUT2D eigenvalue weighted by Crippen LogP contribution is -2.43. The van der Waals surface area contributed by atoms with Crippen molar-refractivity contribution in [1.82, 2.24) is 0 Å². The number of aliphatic hydroxyl groups is 1. The van der Waals surface area contributed by atoms with Gasteiger partial charge in [0.15, 0.2) is 5.60 Å². The molecule has 0 aromatic heterocycles. The van der Waals surface area contributed by atoms with Crippen molar-refractivity contribution >= 4 is 17.9 Å². The third kappa shape index (κ3) is 11.4. The van der Waals surface area contributed by atoms with E-state index in [9.17, 15) is 19.5 Å². The second-order valence-corrected chi connectivity index (χ2v) is 7.73. The van der Waals surface area contributed by atoms with Crippen LogP contribution in [0.2, 0.25) is 0 Å². The van der Waals surface area contributed by atoms with Crippen molar-refractivity contribution in [2.75, 3.05) is 6.61 Å². The minimum Gasteiger partial charge on any atom is -0.487 e. The van der Waals surface area contributed by atoms with E-state index in [4.69, 9.17) is 19.7 Å². The van der Waals surface area contributed by atoms with Crippen molar-refractivity contribution in [2.24, 2.45) is 0 Å². The number of rotatable bonds is 17. The molecule has 0 heterocycles. The Labute approximate surface area is 183 Å². The average molecular weight is 439 g/mol. The molecular weight excluding hydrogens is 404 g/mol. The maximum absolute atomic E-state index is 12.1. The number of unbranched alkanes of at least 4 members (excludes halogenated alkanes) is 6. The summed E-state index contributed by atoms with van der Waals surface area (Å²) >= 11 is 0. The topological polar surface area (TPSA) is 130 Å². The highest BCUT2D eigenvalue weighted by molar-refractivity contribution is 5.88. The van der Waals surface area contributed by atoms with E-state index in [1.807, 2.05) is 18.2 Å². The molecule has 1 rings (SSSR count). The van der Waals surface area contributed by atoms with Gasteiger partial charge in [0, 0.05) is 0 Å². The fourth-order valence-corrected chi connectivity index (χ4v) is 3.14. The Morgan fingerprint density at radius 3 is 2.13 bits per heavy atom. The van der Waals surface area contributed by atoms with Gasteiger partial charge in [0.05, 0.1) is 12.8 Å². The zero-order chi connectivity index (χ0) is 23.1. The molecule has 0 aliphatic rings. The summed E-state index contributed by atoms with van der Waals surface area (Å²) in [5.41, 5.74) is -2.71. The van der Waals surface area contributed by atoms with Gasteiger partial charge >= 0.3 is 17.9 Å². The number of hydrogen-bond donors (Lipinski definition) is 3. The number of carbonyl (C=O) groups is 3. The Morgan fingerprint density at radius 1 is 0.935 bits per heavy atom. The first-order chi connectivity index (χ1) is 14.8. The lowest BCUT2D eigenvalue weighted by Gasteiger charge is -2.22. The second-order valence-electron chi connectivity index (χ2n) is 7.73. The molecule has 8 heteroatoms. The Balaban J connectivity index is 2.57. The summed E-state index contributed by atoms with van der Waals surface area (Å²) in [7, 11) is 0. The first-order valence-electron chi connectivity index (χ1n) is 10.8. The van der Waals surface area contributed by atoms with Crippen molar-refractivity contribution < 1.29 is 39.2 Å². The SMILES string of the molecule is CCCCCCCCCC(COC(=O)CC(O)(CC(=O)O)C(=O)O)Oc1ccccc1. The van der Waals surface area contributed by atoms with Crippen LogP contribution in [0.25, 0.3) is 0 Å². The maximum atomic E-state index is 12.1. The molecule has 2 atom stereocenters. The molecule has 1 aromatic carbocycles. The summed E-state index contributed by atoms with van der Waals surface area (Å²) in [5, 5.41) is 27.8. The monoisotopic (exact) mass is 438 g/mol. The molecule has 3 N–H and O–H groups in total. The van der Waals surface area contributed by atoms with Crippen LogP contribution in [0.1, 0.15) is 71.1 Å². The molecular formula is C23H34O8. The molecule has 0 aliphatic heterocycles. The van der Waals surface area contributed by atoms with Crippen molar-refractivity contribution in [3.8, 4) is 5.75 Å². The molecule has 0 saturated heterocycles. The highest BCUT2D eigenvalue weighted by Crippen LogP contribution is 2.19. The van der Waals surface area contributed by atoms with Crippen LogP contribution in [0.15, 0.2) is 30.3 Å². The van der Waals surface area contributed by atoms with E-state index in [1.165, 1.54) is 25.7 Å². The van der Waals surface area contributed by atoms with Crippen LogP contribution in [0.4, 0.5) is 0 Å². The number of para-hydroxylation sites is 1. The van der Waals surface area contributed by atoms with Gasteiger partial charge in [-0.2, -0.15) is 0 Å². The summed E-state index contributed by atoms with van der Waals surface area (Å²) in [5.74, 6) is -3.68. The van der Waals surface area contributed by atoms with Crippen LogP contribution in [0.5, 0.6) is 5.75 Å². The van der Waals surface area contributed by atoms with Gasteiger partial charge in [-0.25, -0.2) is 4.79 Å². The minimum absolute atomic E-state index is 0.119.